The van der Waals surface area contributed by atoms with E-state index in [1.807, 2.05) is 37.3 Å². The van der Waals surface area contributed by atoms with Crippen molar-refractivity contribution in [2.75, 3.05) is 6.54 Å². The van der Waals surface area contributed by atoms with Gasteiger partial charge in [-0.15, -0.1) is 0 Å². The highest BCUT2D eigenvalue weighted by molar-refractivity contribution is 5.85. The number of nitrogens with one attached hydrogen (secondary N) is 2. The van der Waals surface area contributed by atoms with E-state index in [9.17, 15) is 0 Å². The zero-order chi connectivity index (χ0) is 37.1. The maximum atomic E-state index is 6.64. The zero-order valence-corrected chi connectivity index (χ0v) is 32.1. The van der Waals surface area contributed by atoms with E-state index in [1.54, 1.807) is 22.8 Å². The lowest BCUT2D eigenvalue weighted by Crippen LogP contribution is -2.46. The summed E-state index contributed by atoms with van der Waals surface area (Å²) in [6.45, 7) is 19.7. The molecule has 0 aromatic heterocycles. The first-order valence-corrected chi connectivity index (χ1v) is 19.1. The molecule has 0 heterocycles. The molecule has 270 valence electrons. The van der Waals surface area contributed by atoms with Gasteiger partial charge in [0.2, 0.25) is 0 Å². The van der Waals surface area contributed by atoms with Gasteiger partial charge in [-0.2, -0.15) is 0 Å². The number of benzene rings is 2. The molecule has 0 bridgehead atoms. The van der Waals surface area contributed by atoms with Gasteiger partial charge in [-0.3, -0.25) is 10.6 Å². The first kappa shape index (κ1) is 38.7. The fraction of sp³-hybridized carbons (Fsp3) is 0.306. The molecule has 4 unspecified atom stereocenters. The minimum atomic E-state index is -0.373. The van der Waals surface area contributed by atoms with E-state index in [-0.39, 0.29) is 17.7 Å². The van der Waals surface area contributed by atoms with Crippen LogP contribution in [-0.2, 0) is 11.8 Å². The molecular weight excluding hydrogens is 631 g/mol. The number of hydrogen-bond donors (Lipinski definition) is 3. The summed E-state index contributed by atoms with van der Waals surface area (Å²) < 4.78 is 0. The Bertz CT molecular complexity index is 1890. The minimum Gasteiger partial charge on any atom is -0.312 e. The van der Waals surface area contributed by atoms with E-state index in [1.165, 1.54) is 27.8 Å². The highest BCUT2D eigenvalue weighted by atomic mass is 15.2. The Morgan fingerprint density at radius 2 is 1.83 bits per heavy atom. The van der Waals surface area contributed by atoms with Crippen LogP contribution >= 0.6 is 0 Å². The van der Waals surface area contributed by atoms with E-state index in [0.29, 0.717) is 12.5 Å². The molecule has 4 atom stereocenters. The molecule has 3 aliphatic rings. The second kappa shape index (κ2) is 18.3. The molecule has 52 heavy (non-hydrogen) atoms. The van der Waals surface area contributed by atoms with Crippen molar-refractivity contribution in [3.8, 4) is 0 Å². The van der Waals surface area contributed by atoms with E-state index in [4.69, 9.17) is 5.73 Å². The normalized spacial score (nSPS) is 22.7. The van der Waals surface area contributed by atoms with Gasteiger partial charge in [0, 0.05) is 12.0 Å². The van der Waals surface area contributed by atoms with Crippen LogP contribution in [0.15, 0.2) is 174 Å². The first-order chi connectivity index (χ1) is 25.3. The summed E-state index contributed by atoms with van der Waals surface area (Å²) in [6, 6.07) is 17.6. The fourth-order valence-electron chi connectivity index (χ4n) is 8.44. The molecule has 3 heteroatoms. The number of hydrogen-bond acceptors (Lipinski definition) is 3. The molecule has 0 amide bonds. The van der Waals surface area contributed by atoms with E-state index in [0.717, 1.165) is 48.8 Å². The number of allylic oxidation sites excluding steroid dienone is 16. The average molecular weight is 690 g/mol. The molecule has 2 aromatic rings. The summed E-state index contributed by atoms with van der Waals surface area (Å²) in [6.07, 6.45) is 32.9. The molecular formula is C49H59N3. The second-order valence-corrected chi connectivity index (χ2v) is 14.1. The van der Waals surface area contributed by atoms with Crippen molar-refractivity contribution in [3.63, 3.8) is 0 Å². The van der Waals surface area contributed by atoms with Gasteiger partial charge in [0.15, 0.2) is 0 Å². The van der Waals surface area contributed by atoms with Crippen LogP contribution in [0.1, 0.15) is 88.7 Å². The maximum Gasteiger partial charge on any atom is 0.0852 e. The van der Waals surface area contributed by atoms with Crippen molar-refractivity contribution in [2.45, 2.75) is 84.5 Å². The van der Waals surface area contributed by atoms with Crippen LogP contribution in [0.2, 0.25) is 0 Å². The number of nitrogens with two attached hydrogens (primary N) is 1. The Morgan fingerprint density at radius 1 is 1.04 bits per heavy atom. The molecule has 3 nitrogen and oxygen atoms in total. The third kappa shape index (κ3) is 8.24. The molecule has 4 N–H and O–H groups in total. The van der Waals surface area contributed by atoms with Crippen molar-refractivity contribution in [3.05, 3.63) is 196 Å². The Hall–Kier alpha value is -4.54. The monoisotopic (exact) mass is 689 g/mol. The van der Waals surface area contributed by atoms with Crippen molar-refractivity contribution in [2.24, 2.45) is 11.7 Å². The zero-order valence-electron chi connectivity index (χ0n) is 32.1. The van der Waals surface area contributed by atoms with Crippen LogP contribution in [0.25, 0.3) is 5.57 Å². The number of fused-ring (bicyclic) bond motifs is 3. The van der Waals surface area contributed by atoms with E-state index in [2.05, 4.69) is 143 Å². The topological polar surface area (TPSA) is 50.1 Å². The Balaban J connectivity index is 1.39. The first-order valence-electron chi connectivity index (χ1n) is 19.1. The summed E-state index contributed by atoms with van der Waals surface area (Å²) >= 11 is 0. The quantitative estimate of drug-likeness (QED) is 0.0991. The maximum absolute atomic E-state index is 6.64. The third-order valence-electron chi connectivity index (χ3n) is 10.9. The Morgan fingerprint density at radius 3 is 2.54 bits per heavy atom. The molecule has 0 saturated heterocycles. The molecule has 0 radical (unpaired) electrons. The van der Waals surface area contributed by atoms with Crippen LogP contribution in [0.5, 0.6) is 0 Å². The third-order valence-corrected chi connectivity index (χ3v) is 10.9. The van der Waals surface area contributed by atoms with Crippen LogP contribution < -0.4 is 16.4 Å². The van der Waals surface area contributed by atoms with Crippen molar-refractivity contribution >= 4 is 5.57 Å². The highest BCUT2D eigenvalue weighted by Crippen LogP contribution is 2.60. The minimum absolute atomic E-state index is 0.119. The largest absolute Gasteiger partial charge is 0.312 e. The Labute approximate surface area is 314 Å². The molecule has 2 aromatic carbocycles. The summed E-state index contributed by atoms with van der Waals surface area (Å²) in [5.41, 5.74) is 21.6. The summed E-state index contributed by atoms with van der Waals surface area (Å²) in [5, 5.41) is 7.28. The lowest BCUT2D eigenvalue weighted by molar-refractivity contribution is 0.420. The molecule has 5 rings (SSSR count). The Kier molecular flexibility index (Phi) is 13.6. The van der Waals surface area contributed by atoms with E-state index < -0.39 is 0 Å². The van der Waals surface area contributed by atoms with Crippen molar-refractivity contribution in [1.82, 2.24) is 10.6 Å². The average Bonchev–Trinajstić information content (AvgIpc) is 3.38. The van der Waals surface area contributed by atoms with Gasteiger partial charge in [-0.1, -0.05) is 166 Å². The lowest BCUT2D eigenvalue weighted by atomic mass is 9.58. The van der Waals surface area contributed by atoms with Gasteiger partial charge >= 0.3 is 0 Å². The van der Waals surface area contributed by atoms with E-state index >= 15 is 0 Å². The summed E-state index contributed by atoms with van der Waals surface area (Å²) in [4.78, 5) is 0. The lowest BCUT2D eigenvalue weighted by Gasteiger charge is -2.45. The molecule has 3 aliphatic carbocycles. The van der Waals surface area contributed by atoms with Crippen LogP contribution in [0.3, 0.4) is 0 Å². The summed E-state index contributed by atoms with van der Waals surface area (Å²) in [7, 11) is 0. The highest BCUT2D eigenvalue weighted by Gasteiger charge is 2.49. The van der Waals surface area contributed by atoms with Gasteiger partial charge in [0.25, 0.3) is 0 Å². The molecule has 1 spiro atoms. The van der Waals surface area contributed by atoms with Crippen LogP contribution in [0.4, 0.5) is 0 Å². The van der Waals surface area contributed by atoms with Gasteiger partial charge in [-0.05, 0) is 109 Å². The van der Waals surface area contributed by atoms with Gasteiger partial charge in [0.1, 0.15) is 0 Å². The van der Waals surface area contributed by atoms with Crippen molar-refractivity contribution < 1.29 is 0 Å². The van der Waals surface area contributed by atoms with Gasteiger partial charge in [0.05, 0.1) is 12.3 Å². The smallest absolute Gasteiger partial charge is 0.0852 e. The SMILES string of the molecule is C=C/C=C(\C=C/Cc1ccc2c(c1)C(C)=C(/C=C\C)C21C/C(=C/CC)C(C)C2=C1C=CCC2)CNC(NC(N)C(/C=C\C)=C/C=C)c1ccccc1. The van der Waals surface area contributed by atoms with Crippen LogP contribution in [0, 0.1) is 5.92 Å². The molecule has 0 fully saturated rings. The predicted octanol–water partition coefficient (Wildman–Crippen LogP) is 11.4. The fourth-order valence-corrected chi connectivity index (χ4v) is 8.44. The van der Waals surface area contributed by atoms with Crippen molar-refractivity contribution in [1.29, 1.82) is 0 Å². The van der Waals surface area contributed by atoms with Crippen LogP contribution in [-0.4, -0.2) is 12.7 Å². The van der Waals surface area contributed by atoms with Gasteiger partial charge in [-0.25, -0.2) is 0 Å². The predicted molar refractivity (Wildman–Crippen MR) is 226 cm³/mol. The summed E-state index contributed by atoms with van der Waals surface area (Å²) in [5.74, 6) is 0.513. The van der Waals surface area contributed by atoms with Gasteiger partial charge < -0.3 is 5.73 Å². The molecule has 0 saturated carbocycles. The second-order valence-electron chi connectivity index (χ2n) is 14.1. The molecule has 0 aliphatic heterocycles. The standard InChI is InChI=1S/C49H59N3/c1-8-19-38(34-51-48(40-26-14-13-15-27-40)52-47(50)39(20-9-2)21-10-3)25-18-24-37-30-31-46-43(32-37)36(7)44(23-12-5)49(46)33-41(22-11-4)35(6)42-28-16-17-29-45(42)49/h8-10,12-15,17-23,25-27,29-32,35,47-48,51-52H,1-2,11,16,24,28,33-34,50H2,3-7H3/b21-10-,23-12-,25-18-,38-19+,39-20+,41-22-. The number of rotatable bonds is 15.